The van der Waals surface area contributed by atoms with Crippen LogP contribution < -0.4 is 5.73 Å². The van der Waals surface area contributed by atoms with E-state index < -0.39 is 12.2 Å². The summed E-state index contributed by atoms with van der Waals surface area (Å²) in [6, 6.07) is 0.00426. The number of hydrogen-bond donors (Lipinski definition) is 1. The van der Waals surface area contributed by atoms with E-state index in [0.717, 1.165) is 25.9 Å². The molecular formula is C13H19N3O3S. The number of likely N-dealkylation sites (tertiary alicyclic amines) is 2. The van der Waals surface area contributed by atoms with Crippen LogP contribution in [0.2, 0.25) is 0 Å². The molecule has 3 rings (SSSR count). The minimum Gasteiger partial charge on any atom is -0.392 e. The lowest BCUT2D eigenvalue weighted by Crippen LogP contribution is -2.58. The number of nitrogens with zero attached hydrogens (tertiary/aromatic N) is 2. The average molecular weight is 297 g/mol. The Balaban J connectivity index is 1.64. The number of fused-ring (bicyclic) bond motifs is 2. The summed E-state index contributed by atoms with van der Waals surface area (Å²) in [7, 11) is 0. The highest BCUT2D eigenvalue weighted by Gasteiger charge is 2.49. The van der Waals surface area contributed by atoms with Crippen LogP contribution in [0.5, 0.6) is 0 Å². The van der Waals surface area contributed by atoms with Gasteiger partial charge in [0.1, 0.15) is 12.2 Å². The maximum atomic E-state index is 12.3. The minimum atomic E-state index is -0.396. The number of ether oxygens (including phenoxy) is 1. The van der Waals surface area contributed by atoms with E-state index in [4.69, 9.17) is 22.7 Å². The van der Waals surface area contributed by atoms with Crippen LogP contribution in [0.15, 0.2) is 0 Å². The van der Waals surface area contributed by atoms with Gasteiger partial charge in [0.05, 0.1) is 4.99 Å². The number of thiocarbonyl (C=S) groups is 1. The van der Waals surface area contributed by atoms with Crippen molar-refractivity contribution in [3.8, 4) is 0 Å². The molecule has 0 spiro atoms. The highest BCUT2D eigenvalue weighted by Crippen LogP contribution is 2.31. The molecule has 6 nitrogen and oxygen atoms in total. The van der Waals surface area contributed by atoms with E-state index in [2.05, 4.69) is 4.90 Å². The molecule has 110 valence electrons. The van der Waals surface area contributed by atoms with Gasteiger partial charge in [0.25, 0.3) is 11.8 Å². The molecule has 0 aromatic carbocycles. The molecule has 2 atom stereocenters. The number of carbonyl (C=O) groups is 2. The molecular weight excluding hydrogens is 278 g/mol. The number of morpholine rings is 1. The molecule has 0 aliphatic carbocycles. The standard InChI is InChI=1S/C13H19N3O3S/c14-11(20)7-15-5-3-8(4-6-15)16-12(17)9-1-2-10(19-9)13(16)18/h8-10H,1-7H2,(H2,14,20). The molecule has 0 saturated carbocycles. The van der Waals surface area contributed by atoms with Crippen molar-refractivity contribution in [2.24, 2.45) is 5.73 Å². The summed E-state index contributed by atoms with van der Waals surface area (Å²) in [5.41, 5.74) is 5.54. The van der Waals surface area contributed by atoms with Gasteiger partial charge in [-0.1, -0.05) is 12.2 Å². The predicted octanol–water partition coefficient (Wildman–Crippen LogP) is -0.347. The summed E-state index contributed by atoms with van der Waals surface area (Å²) in [4.78, 5) is 28.7. The number of rotatable bonds is 3. The van der Waals surface area contributed by atoms with Gasteiger partial charge in [-0.2, -0.15) is 0 Å². The Morgan fingerprint density at radius 2 is 1.70 bits per heavy atom. The fraction of sp³-hybridized carbons (Fsp3) is 0.769. The molecule has 0 aromatic heterocycles. The molecule has 20 heavy (non-hydrogen) atoms. The van der Waals surface area contributed by atoms with E-state index in [1.807, 2.05) is 0 Å². The second-order valence-electron chi connectivity index (χ2n) is 5.71. The van der Waals surface area contributed by atoms with Gasteiger partial charge in [-0.15, -0.1) is 0 Å². The summed E-state index contributed by atoms with van der Waals surface area (Å²) >= 11 is 4.91. The number of amides is 2. The largest absolute Gasteiger partial charge is 0.392 e. The van der Waals surface area contributed by atoms with Crippen LogP contribution in [0.3, 0.4) is 0 Å². The van der Waals surface area contributed by atoms with Crippen LogP contribution >= 0.6 is 12.2 Å². The normalized spacial score (nSPS) is 31.9. The van der Waals surface area contributed by atoms with Crippen LogP contribution in [0.4, 0.5) is 0 Å². The van der Waals surface area contributed by atoms with Crippen molar-refractivity contribution in [2.75, 3.05) is 19.6 Å². The first-order valence-corrected chi connectivity index (χ1v) is 7.50. The average Bonchev–Trinajstić information content (AvgIpc) is 2.85. The molecule has 0 aromatic rings. The number of nitrogens with two attached hydrogens (primary N) is 1. The third kappa shape index (κ3) is 2.45. The van der Waals surface area contributed by atoms with Crippen molar-refractivity contribution in [3.05, 3.63) is 0 Å². The van der Waals surface area contributed by atoms with E-state index in [1.165, 1.54) is 4.90 Å². The molecule has 3 aliphatic heterocycles. The van der Waals surface area contributed by atoms with Gasteiger partial charge >= 0.3 is 0 Å². The van der Waals surface area contributed by atoms with Gasteiger partial charge in [0.2, 0.25) is 0 Å². The molecule has 3 saturated heterocycles. The predicted molar refractivity (Wildman–Crippen MR) is 76.0 cm³/mol. The first-order chi connectivity index (χ1) is 9.56. The van der Waals surface area contributed by atoms with E-state index in [-0.39, 0.29) is 17.9 Å². The van der Waals surface area contributed by atoms with Gasteiger partial charge in [0.15, 0.2) is 0 Å². The van der Waals surface area contributed by atoms with Crippen LogP contribution in [0, 0.1) is 0 Å². The molecule has 3 fully saturated rings. The van der Waals surface area contributed by atoms with Gasteiger partial charge in [-0.25, -0.2) is 0 Å². The minimum absolute atomic E-state index is 0.00426. The van der Waals surface area contributed by atoms with Crippen molar-refractivity contribution in [3.63, 3.8) is 0 Å². The van der Waals surface area contributed by atoms with Crippen molar-refractivity contribution < 1.29 is 14.3 Å². The molecule has 2 unspecified atom stereocenters. The zero-order valence-corrected chi connectivity index (χ0v) is 12.1. The molecule has 2 bridgehead atoms. The van der Waals surface area contributed by atoms with Crippen LogP contribution in [-0.4, -0.2) is 64.5 Å². The Hall–Kier alpha value is -1.05. The first-order valence-electron chi connectivity index (χ1n) is 7.09. The molecule has 0 radical (unpaired) electrons. The molecule has 2 amide bonds. The zero-order chi connectivity index (χ0) is 14.3. The Kier molecular flexibility index (Phi) is 3.74. The van der Waals surface area contributed by atoms with E-state index in [1.54, 1.807) is 0 Å². The highest BCUT2D eigenvalue weighted by atomic mass is 32.1. The van der Waals surface area contributed by atoms with Crippen molar-refractivity contribution in [1.82, 2.24) is 9.80 Å². The van der Waals surface area contributed by atoms with Crippen LogP contribution in [-0.2, 0) is 14.3 Å². The summed E-state index contributed by atoms with van der Waals surface area (Å²) < 4.78 is 5.43. The van der Waals surface area contributed by atoms with Gasteiger partial charge < -0.3 is 10.5 Å². The quantitative estimate of drug-likeness (QED) is 0.567. The maximum Gasteiger partial charge on any atom is 0.258 e. The van der Waals surface area contributed by atoms with Crippen molar-refractivity contribution in [1.29, 1.82) is 0 Å². The van der Waals surface area contributed by atoms with E-state index in [9.17, 15) is 9.59 Å². The summed E-state index contributed by atoms with van der Waals surface area (Å²) in [6.45, 7) is 2.24. The summed E-state index contributed by atoms with van der Waals surface area (Å²) in [5.74, 6) is -0.284. The second-order valence-corrected chi connectivity index (χ2v) is 6.24. The van der Waals surface area contributed by atoms with Gasteiger partial charge in [-0.05, 0) is 25.7 Å². The second kappa shape index (κ2) is 5.38. The van der Waals surface area contributed by atoms with Gasteiger partial charge in [-0.3, -0.25) is 19.4 Å². The summed E-state index contributed by atoms with van der Waals surface area (Å²) in [6.07, 6.45) is 2.14. The number of carbonyl (C=O) groups excluding carboxylic acids is 2. The Morgan fingerprint density at radius 1 is 1.15 bits per heavy atom. The highest BCUT2D eigenvalue weighted by molar-refractivity contribution is 7.80. The van der Waals surface area contributed by atoms with E-state index in [0.29, 0.717) is 24.4 Å². The topological polar surface area (TPSA) is 75.9 Å². The summed E-state index contributed by atoms with van der Waals surface area (Å²) in [5, 5.41) is 0. The molecule has 7 heteroatoms. The number of piperidine rings is 1. The Bertz CT molecular complexity index is 426. The van der Waals surface area contributed by atoms with Gasteiger partial charge in [0, 0.05) is 25.7 Å². The smallest absolute Gasteiger partial charge is 0.258 e. The number of hydrogen-bond acceptors (Lipinski definition) is 5. The fourth-order valence-corrected chi connectivity index (χ4v) is 3.52. The van der Waals surface area contributed by atoms with Crippen molar-refractivity contribution >= 4 is 29.0 Å². The molecule has 3 heterocycles. The molecule has 2 N–H and O–H groups in total. The maximum absolute atomic E-state index is 12.3. The lowest BCUT2D eigenvalue weighted by atomic mass is 10.0. The third-order valence-electron chi connectivity index (χ3n) is 4.35. The van der Waals surface area contributed by atoms with Crippen LogP contribution in [0.1, 0.15) is 25.7 Å². The lowest BCUT2D eigenvalue weighted by Gasteiger charge is -2.40. The Morgan fingerprint density at radius 3 is 2.20 bits per heavy atom. The van der Waals surface area contributed by atoms with Crippen molar-refractivity contribution in [2.45, 2.75) is 43.9 Å². The zero-order valence-electron chi connectivity index (χ0n) is 11.3. The monoisotopic (exact) mass is 297 g/mol. The Labute approximate surface area is 123 Å². The van der Waals surface area contributed by atoms with Crippen LogP contribution in [0.25, 0.3) is 0 Å². The lowest BCUT2D eigenvalue weighted by molar-refractivity contribution is -0.172. The first kappa shape index (κ1) is 13.9. The van der Waals surface area contributed by atoms with E-state index >= 15 is 0 Å². The molecule has 3 aliphatic rings. The number of imide groups is 1. The SMILES string of the molecule is NC(=S)CN1CCC(N2C(=O)C3CCC(O3)C2=O)CC1. The third-order valence-corrected chi connectivity index (χ3v) is 4.48. The fourth-order valence-electron chi connectivity index (χ4n) is 3.34.